The molecule has 2 aromatic rings. The second kappa shape index (κ2) is 12.9. The zero-order chi connectivity index (χ0) is 25.1. The molecule has 2 aromatic carbocycles. The van der Waals surface area contributed by atoms with E-state index in [1.807, 2.05) is 12.1 Å². The Labute approximate surface area is 201 Å². The van der Waals surface area contributed by atoms with Crippen LogP contribution >= 0.6 is 0 Å². The highest BCUT2D eigenvalue weighted by molar-refractivity contribution is 7.92. The Morgan fingerprint density at radius 1 is 1.03 bits per heavy atom. The molecule has 8 nitrogen and oxygen atoms in total. The molecule has 0 bridgehead atoms. The first-order valence-corrected chi connectivity index (χ1v) is 13.0. The molecule has 0 aliphatic carbocycles. The molecule has 0 aromatic heterocycles. The maximum atomic E-state index is 11.7. The highest BCUT2D eigenvalue weighted by Gasteiger charge is 2.13. The van der Waals surface area contributed by atoms with Gasteiger partial charge in [-0.05, 0) is 54.8 Å². The molecule has 1 N–H and O–H groups in total. The fourth-order valence-electron chi connectivity index (χ4n) is 2.99. The Morgan fingerprint density at radius 2 is 1.71 bits per heavy atom. The van der Waals surface area contributed by atoms with E-state index in [-0.39, 0.29) is 12.4 Å². The summed E-state index contributed by atoms with van der Waals surface area (Å²) in [5, 5.41) is 9.29. The number of anilines is 1. The van der Waals surface area contributed by atoms with Crippen LogP contribution in [0.4, 0.5) is 5.69 Å². The Kier molecular flexibility index (Phi) is 10.2. The molecule has 186 valence electrons. The number of aliphatic carboxylic acids is 1. The molecule has 0 atom stereocenters. The third kappa shape index (κ3) is 8.30. The highest BCUT2D eigenvalue weighted by atomic mass is 32.2. The van der Waals surface area contributed by atoms with E-state index in [1.54, 1.807) is 37.3 Å². The molecule has 0 saturated carbocycles. The number of sulfonamides is 1. The number of hydrogen-bond donors (Lipinski definition) is 1. The number of nitrogens with zero attached hydrogens (tertiary/aromatic N) is 1. The van der Waals surface area contributed by atoms with Gasteiger partial charge in [-0.2, -0.15) is 0 Å². The predicted octanol–water partition coefficient (Wildman–Crippen LogP) is 4.34. The monoisotopic (exact) mass is 491 g/mol. The van der Waals surface area contributed by atoms with Gasteiger partial charge in [0.1, 0.15) is 0 Å². The van der Waals surface area contributed by atoms with Gasteiger partial charge >= 0.3 is 5.97 Å². The van der Waals surface area contributed by atoms with E-state index in [0.717, 1.165) is 24.7 Å². The molecule has 0 aliphatic heterocycles. The van der Waals surface area contributed by atoms with E-state index < -0.39 is 16.0 Å². The van der Waals surface area contributed by atoms with Gasteiger partial charge in [0.15, 0.2) is 11.5 Å². The van der Waals surface area contributed by atoms with Crippen LogP contribution in [0.2, 0.25) is 0 Å². The Bertz CT molecular complexity index is 1080. The Morgan fingerprint density at radius 3 is 2.29 bits per heavy atom. The van der Waals surface area contributed by atoms with E-state index in [2.05, 4.69) is 6.92 Å². The van der Waals surface area contributed by atoms with E-state index in [9.17, 15) is 18.3 Å². The first-order valence-electron chi connectivity index (χ1n) is 11.2. The summed E-state index contributed by atoms with van der Waals surface area (Å²) in [7, 11) is -1.79. The largest absolute Gasteiger partial charge is 0.490 e. The highest BCUT2D eigenvalue weighted by Crippen LogP contribution is 2.30. The average Bonchev–Trinajstić information content (AvgIpc) is 2.79. The number of hydrogen-bond acceptors (Lipinski definition) is 6. The predicted molar refractivity (Wildman–Crippen MR) is 133 cm³/mol. The number of unbranched alkanes of at least 4 members (excludes halogenated alkanes) is 1. The fraction of sp³-hybridized carbons (Fsp3) is 0.400. The van der Waals surface area contributed by atoms with Crippen molar-refractivity contribution in [2.45, 2.75) is 33.1 Å². The number of carboxylic acid groups (broad SMARTS) is 1. The number of rotatable bonds is 14. The molecule has 0 aliphatic rings. The van der Waals surface area contributed by atoms with Gasteiger partial charge in [-0.15, -0.1) is 0 Å². The lowest BCUT2D eigenvalue weighted by Gasteiger charge is -2.17. The van der Waals surface area contributed by atoms with Crippen molar-refractivity contribution < 1.29 is 32.5 Å². The van der Waals surface area contributed by atoms with E-state index in [4.69, 9.17) is 14.2 Å². The van der Waals surface area contributed by atoms with Crippen molar-refractivity contribution in [2.24, 2.45) is 0 Å². The SMILES string of the molecule is CCCCOc1cc(/C=C(/OCC)C(=O)O)ccc1OCCc1ccc(N(C)S(C)(=O)=O)cc1. The first-order chi connectivity index (χ1) is 16.2. The van der Waals surface area contributed by atoms with Crippen molar-refractivity contribution in [3.63, 3.8) is 0 Å². The summed E-state index contributed by atoms with van der Waals surface area (Å²) in [6.07, 6.45) is 5.10. The number of ether oxygens (including phenoxy) is 3. The summed E-state index contributed by atoms with van der Waals surface area (Å²) >= 11 is 0. The molecule has 9 heteroatoms. The van der Waals surface area contributed by atoms with Gasteiger partial charge < -0.3 is 19.3 Å². The van der Waals surface area contributed by atoms with Crippen molar-refractivity contribution in [1.82, 2.24) is 0 Å². The molecule has 0 amide bonds. The third-order valence-electron chi connectivity index (χ3n) is 4.98. The minimum Gasteiger partial charge on any atom is -0.490 e. The van der Waals surface area contributed by atoms with E-state index in [0.29, 0.717) is 42.4 Å². The molecule has 34 heavy (non-hydrogen) atoms. The van der Waals surface area contributed by atoms with Crippen LogP contribution in [0.25, 0.3) is 6.08 Å². The van der Waals surface area contributed by atoms with Crippen molar-refractivity contribution in [3.8, 4) is 11.5 Å². The quantitative estimate of drug-likeness (QED) is 0.238. The van der Waals surface area contributed by atoms with Gasteiger partial charge in [-0.25, -0.2) is 13.2 Å². The van der Waals surface area contributed by atoms with Crippen LogP contribution in [0, 0.1) is 0 Å². The minimum atomic E-state index is -3.31. The van der Waals surface area contributed by atoms with Crippen molar-refractivity contribution in [2.75, 3.05) is 37.4 Å². The summed E-state index contributed by atoms with van der Waals surface area (Å²) in [4.78, 5) is 11.4. The van der Waals surface area contributed by atoms with Crippen LogP contribution in [0.15, 0.2) is 48.2 Å². The number of carbonyl (C=O) groups is 1. The van der Waals surface area contributed by atoms with E-state index >= 15 is 0 Å². The van der Waals surface area contributed by atoms with Gasteiger partial charge in [-0.1, -0.05) is 31.5 Å². The molecular formula is C25H33NO7S. The van der Waals surface area contributed by atoms with Gasteiger partial charge in [-0.3, -0.25) is 4.31 Å². The zero-order valence-electron chi connectivity index (χ0n) is 20.1. The number of benzene rings is 2. The van der Waals surface area contributed by atoms with Gasteiger partial charge in [0.2, 0.25) is 15.8 Å². The number of carboxylic acids is 1. The maximum absolute atomic E-state index is 11.7. The van der Waals surface area contributed by atoms with Crippen LogP contribution in [-0.2, 0) is 26.0 Å². The average molecular weight is 492 g/mol. The van der Waals surface area contributed by atoms with E-state index in [1.165, 1.54) is 17.4 Å². The second-order valence-corrected chi connectivity index (χ2v) is 9.66. The van der Waals surface area contributed by atoms with Crippen molar-refractivity contribution in [3.05, 3.63) is 59.4 Å². The van der Waals surface area contributed by atoms with Crippen LogP contribution in [0.1, 0.15) is 37.8 Å². The molecule has 0 spiro atoms. The van der Waals surface area contributed by atoms with Crippen molar-refractivity contribution in [1.29, 1.82) is 0 Å². The van der Waals surface area contributed by atoms with Gasteiger partial charge in [0.05, 0.1) is 31.8 Å². The summed E-state index contributed by atoms with van der Waals surface area (Å²) < 4.78 is 41.6. The van der Waals surface area contributed by atoms with Gasteiger partial charge in [0, 0.05) is 13.5 Å². The first kappa shape index (κ1) is 27.0. The molecular weight excluding hydrogens is 458 g/mol. The summed E-state index contributed by atoms with van der Waals surface area (Å²) in [6, 6.07) is 12.5. The lowest BCUT2D eigenvalue weighted by atomic mass is 10.1. The smallest absolute Gasteiger partial charge is 0.371 e. The fourth-order valence-corrected chi connectivity index (χ4v) is 3.49. The molecule has 0 heterocycles. The Balaban J connectivity index is 2.11. The van der Waals surface area contributed by atoms with Crippen LogP contribution in [-0.4, -0.2) is 52.6 Å². The lowest BCUT2D eigenvalue weighted by Crippen LogP contribution is -2.24. The standard InChI is InChI=1S/C25H33NO7S/c1-5-7-15-32-23-17-20(18-24(25(27)28)31-6-2)10-13-22(23)33-16-14-19-8-11-21(12-9-19)26(3)34(4,29)30/h8-13,17-18H,5-7,14-16H2,1-4H3,(H,27,28)/b24-18+. The van der Waals surface area contributed by atoms with Gasteiger partial charge in [0.25, 0.3) is 0 Å². The lowest BCUT2D eigenvalue weighted by molar-refractivity contribution is -0.136. The second-order valence-electron chi connectivity index (χ2n) is 7.65. The Hall–Kier alpha value is -3.20. The molecule has 0 saturated heterocycles. The maximum Gasteiger partial charge on any atom is 0.371 e. The third-order valence-corrected chi connectivity index (χ3v) is 6.18. The topological polar surface area (TPSA) is 102 Å². The summed E-state index contributed by atoms with van der Waals surface area (Å²) in [6.45, 7) is 4.96. The summed E-state index contributed by atoms with van der Waals surface area (Å²) in [5.41, 5.74) is 2.23. The van der Waals surface area contributed by atoms with Crippen molar-refractivity contribution >= 4 is 27.8 Å². The zero-order valence-corrected chi connectivity index (χ0v) is 20.9. The molecule has 2 rings (SSSR count). The van der Waals surface area contributed by atoms with Crippen LogP contribution < -0.4 is 13.8 Å². The van der Waals surface area contributed by atoms with Crippen LogP contribution in [0.5, 0.6) is 11.5 Å². The molecule has 0 unspecified atom stereocenters. The molecule has 0 fully saturated rings. The summed E-state index contributed by atoms with van der Waals surface area (Å²) in [5.74, 6) is -0.173. The molecule has 0 radical (unpaired) electrons. The van der Waals surface area contributed by atoms with Crippen LogP contribution in [0.3, 0.4) is 0 Å². The minimum absolute atomic E-state index is 0.138. The normalized spacial score (nSPS) is 11.7.